The van der Waals surface area contributed by atoms with Crippen molar-refractivity contribution in [3.8, 4) is 0 Å². The minimum Gasteiger partial charge on any atom is -0.261 e. The van der Waals surface area contributed by atoms with Gasteiger partial charge in [-0.1, -0.05) is 31.2 Å². The molecule has 62 valence electrons. The second-order valence-electron chi connectivity index (χ2n) is 3.38. The monoisotopic (exact) mass is 159 g/mol. The number of allylic oxidation sites excluding steroid dienone is 5. The molecule has 1 aliphatic heterocycles. The van der Waals surface area contributed by atoms with E-state index in [1.165, 1.54) is 5.71 Å². The van der Waals surface area contributed by atoms with E-state index in [2.05, 4.69) is 42.3 Å². The van der Waals surface area contributed by atoms with Crippen LogP contribution in [0.15, 0.2) is 41.6 Å². The van der Waals surface area contributed by atoms with Gasteiger partial charge in [0.15, 0.2) is 0 Å². The molecule has 2 unspecified atom stereocenters. The minimum absolute atomic E-state index is 0.524. The van der Waals surface area contributed by atoms with Gasteiger partial charge in [-0.05, 0) is 18.4 Å². The lowest BCUT2D eigenvalue weighted by Crippen LogP contribution is -2.10. The smallest absolute Gasteiger partial charge is 0.0472 e. The number of hydrogen-bond acceptors (Lipinski definition) is 1. The van der Waals surface area contributed by atoms with Crippen LogP contribution in [0.1, 0.15) is 13.3 Å². The number of nitrogens with zero attached hydrogens (tertiary/aromatic N) is 1. The predicted octanol–water partition coefficient (Wildman–Crippen LogP) is 2.72. The number of fused-ring (bicyclic) bond motifs is 1. The summed E-state index contributed by atoms with van der Waals surface area (Å²) in [5.74, 6) is 1.08. The van der Waals surface area contributed by atoms with Crippen LogP contribution in [0.2, 0.25) is 0 Å². The van der Waals surface area contributed by atoms with Crippen molar-refractivity contribution >= 4 is 5.71 Å². The molecule has 1 heterocycles. The summed E-state index contributed by atoms with van der Waals surface area (Å²) >= 11 is 0. The fourth-order valence-electron chi connectivity index (χ4n) is 1.53. The molecule has 1 heteroatoms. The van der Waals surface area contributed by atoms with E-state index in [0.29, 0.717) is 11.8 Å². The zero-order chi connectivity index (χ0) is 8.39. The summed E-state index contributed by atoms with van der Waals surface area (Å²) in [5.41, 5.74) is 1.21. The van der Waals surface area contributed by atoms with Crippen molar-refractivity contribution < 1.29 is 0 Å². The molecule has 0 fully saturated rings. The Labute approximate surface area is 73.2 Å². The standard InChI is InChI=1S/C11H13N/c1-9-4-6-10-3-2-8-12-11(10)7-5-9/h2,4-10H,3H2,1H3. The van der Waals surface area contributed by atoms with Crippen molar-refractivity contribution in [1.82, 2.24) is 0 Å². The highest BCUT2D eigenvalue weighted by atomic mass is 14.7. The molecular weight excluding hydrogens is 146 g/mol. The molecule has 0 saturated heterocycles. The number of rotatable bonds is 0. The Balaban J connectivity index is 2.30. The van der Waals surface area contributed by atoms with Crippen LogP contribution in [0.3, 0.4) is 0 Å². The van der Waals surface area contributed by atoms with E-state index in [1.54, 1.807) is 0 Å². The average molecular weight is 159 g/mol. The van der Waals surface area contributed by atoms with Gasteiger partial charge in [-0.15, -0.1) is 0 Å². The lowest BCUT2D eigenvalue weighted by molar-refractivity contribution is 0.854. The first-order valence-electron chi connectivity index (χ1n) is 4.45. The third-order valence-corrected chi connectivity index (χ3v) is 2.32. The first-order valence-corrected chi connectivity index (χ1v) is 4.45. The van der Waals surface area contributed by atoms with E-state index in [0.717, 1.165) is 6.42 Å². The van der Waals surface area contributed by atoms with Gasteiger partial charge in [0.25, 0.3) is 0 Å². The fourth-order valence-corrected chi connectivity index (χ4v) is 1.53. The molecule has 1 nitrogen and oxygen atoms in total. The van der Waals surface area contributed by atoms with Gasteiger partial charge in [0, 0.05) is 17.8 Å². The first-order chi connectivity index (χ1) is 5.86. The molecule has 1 aliphatic carbocycles. The van der Waals surface area contributed by atoms with Crippen molar-refractivity contribution in [2.75, 3.05) is 0 Å². The Morgan fingerprint density at radius 1 is 1.33 bits per heavy atom. The SMILES string of the molecule is CC1C=CC2=NC=CCC2C=C1. The van der Waals surface area contributed by atoms with E-state index in [9.17, 15) is 0 Å². The predicted molar refractivity (Wildman–Crippen MR) is 52.1 cm³/mol. The molecule has 0 bridgehead atoms. The van der Waals surface area contributed by atoms with Gasteiger partial charge in [-0.25, -0.2) is 0 Å². The van der Waals surface area contributed by atoms with E-state index < -0.39 is 0 Å². The molecule has 2 aliphatic rings. The summed E-state index contributed by atoms with van der Waals surface area (Å²) in [6, 6.07) is 0. The van der Waals surface area contributed by atoms with Gasteiger partial charge in [-0.3, -0.25) is 4.99 Å². The zero-order valence-corrected chi connectivity index (χ0v) is 7.27. The highest BCUT2D eigenvalue weighted by Crippen LogP contribution is 2.19. The third kappa shape index (κ3) is 1.40. The molecule has 0 N–H and O–H groups in total. The molecule has 0 aromatic carbocycles. The highest BCUT2D eigenvalue weighted by molar-refractivity contribution is 5.99. The Kier molecular flexibility index (Phi) is 1.94. The maximum Gasteiger partial charge on any atom is 0.0472 e. The van der Waals surface area contributed by atoms with Gasteiger partial charge < -0.3 is 0 Å². The van der Waals surface area contributed by atoms with Crippen LogP contribution >= 0.6 is 0 Å². The maximum atomic E-state index is 4.34. The topological polar surface area (TPSA) is 12.4 Å². The Morgan fingerprint density at radius 2 is 2.25 bits per heavy atom. The van der Waals surface area contributed by atoms with Gasteiger partial charge >= 0.3 is 0 Å². The van der Waals surface area contributed by atoms with Crippen LogP contribution in [0, 0.1) is 11.8 Å². The summed E-state index contributed by atoms with van der Waals surface area (Å²) in [6.45, 7) is 2.19. The van der Waals surface area contributed by atoms with E-state index in [-0.39, 0.29) is 0 Å². The van der Waals surface area contributed by atoms with Gasteiger partial charge in [-0.2, -0.15) is 0 Å². The van der Waals surface area contributed by atoms with Crippen molar-refractivity contribution in [3.63, 3.8) is 0 Å². The molecular formula is C11H13N. The van der Waals surface area contributed by atoms with Crippen molar-refractivity contribution in [3.05, 3.63) is 36.6 Å². The summed E-state index contributed by atoms with van der Waals surface area (Å²) in [7, 11) is 0. The van der Waals surface area contributed by atoms with E-state index in [4.69, 9.17) is 0 Å². The quantitative estimate of drug-likeness (QED) is 0.482. The van der Waals surface area contributed by atoms with Crippen LogP contribution in [0.25, 0.3) is 0 Å². The lowest BCUT2D eigenvalue weighted by Gasteiger charge is -2.11. The van der Waals surface area contributed by atoms with Crippen molar-refractivity contribution in [2.24, 2.45) is 16.8 Å². The van der Waals surface area contributed by atoms with E-state index >= 15 is 0 Å². The van der Waals surface area contributed by atoms with Crippen LogP contribution in [0.5, 0.6) is 0 Å². The molecule has 12 heavy (non-hydrogen) atoms. The lowest BCUT2D eigenvalue weighted by atomic mass is 9.98. The largest absolute Gasteiger partial charge is 0.261 e. The normalized spacial score (nSPS) is 32.6. The van der Waals surface area contributed by atoms with Crippen LogP contribution in [-0.2, 0) is 0 Å². The summed E-state index contributed by atoms with van der Waals surface area (Å²) < 4.78 is 0. The first kappa shape index (κ1) is 7.53. The van der Waals surface area contributed by atoms with Gasteiger partial charge in [0.05, 0.1) is 0 Å². The second kappa shape index (κ2) is 3.10. The minimum atomic E-state index is 0.524. The Bertz CT molecular complexity index is 281. The van der Waals surface area contributed by atoms with Crippen LogP contribution in [-0.4, -0.2) is 5.71 Å². The van der Waals surface area contributed by atoms with Crippen LogP contribution in [0.4, 0.5) is 0 Å². The fraction of sp³-hybridized carbons (Fsp3) is 0.364. The van der Waals surface area contributed by atoms with Gasteiger partial charge in [0.1, 0.15) is 0 Å². The molecule has 0 aromatic rings. The number of aliphatic imine (C=N–C) groups is 1. The zero-order valence-electron chi connectivity index (χ0n) is 7.27. The summed E-state index contributed by atoms with van der Waals surface area (Å²) in [5, 5.41) is 0. The molecule has 2 atom stereocenters. The molecule has 0 spiro atoms. The average Bonchev–Trinajstić information content (AvgIpc) is 2.29. The van der Waals surface area contributed by atoms with Crippen LogP contribution < -0.4 is 0 Å². The molecule has 0 aromatic heterocycles. The molecule has 0 amide bonds. The molecule has 2 rings (SSSR count). The number of hydrogen-bond donors (Lipinski definition) is 0. The van der Waals surface area contributed by atoms with Crippen molar-refractivity contribution in [1.29, 1.82) is 0 Å². The molecule has 0 saturated carbocycles. The third-order valence-electron chi connectivity index (χ3n) is 2.32. The molecule has 0 radical (unpaired) electrons. The maximum absolute atomic E-state index is 4.34. The van der Waals surface area contributed by atoms with E-state index in [1.807, 2.05) is 6.20 Å². The summed E-state index contributed by atoms with van der Waals surface area (Å²) in [4.78, 5) is 4.34. The highest BCUT2D eigenvalue weighted by Gasteiger charge is 2.13. The Morgan fingerprint density at radius 3 is 3.17 bits per heavy atom. The van der Waals surface area contributed by atoms with Gasteiger partial charge in [0.2, 0.25) is 0 Å². The van der Waals surface area contributed by atoms with Crippen molar-refractivity contribution in [2.45, 2.75) is 13.3 Å². The Hall–Kier alpha value is -1.11. The summed E-state index contributed by atoms with van der Waals surface area (Å²) in [6.07, 6.45) is 14.0. The second-order valence-corrected chi connectivity index (χ2v) is 3.38.